The minimum absolute atomic E-state index is 0.706. The molecular weight excluding hydrogens is 630 g/mol. The first-order valence-electron chi connectivity index (χ1n) is 14.8. The number of aliphatic hydroxyl groups is 11. The van der Waals surface area contributed by atoms with E-state index in [1.165, 1.54) is 13.8 Å². The van der Waals surface area contributed by atoms with Gasteiger partial charge in [-0.25, -0.2) is 0 Å². The van der Waals surface area contributed by atoms with Crippen LogP contribution < -0.4 is 5.32 Å². The van der Waals surface area contributed by atoms with Crippen molar-refractivity contribution >= 4 is 5.91 Å². The molecular formula is C26H45NO19. The lowest BCUT2D eigenvalue weighted by Gasteiger charge is -2.50. The van der Waals surface area contributed by atoms with Gasteiger partial charge < -0.3 is 94.6 Å². The second-order valence-corrected chi connectivity index (χ2v) is 11.8. The summed E-state index contributed by atoms with van der Waals surface area (Å²) >= 11 is 0. The Kier molecular flexibility index (Phi) is 12.7. The van der Waals surface area contributed by atoms with E-state index in [1.807, 2.05) is 0 Å². The molecule has 20 atom stereocenters. The summed E-state index contributed by atoms with van der Waals surface area (Å²) in [5.74, 6) is -0.706. The summed E-state index contributed by atoms with van der Waals surface area (Å²) in [6, 6.07) is -1.51. The number of hydrogen-bond acceptors (Lipinski definition) is 19. The number of rotatable bonds is 9. The van der Waals surface area contributed by atoms with Crippen LogP contribution in [0.3, 0.4) is 0 Å². The Morgan fingerprint density at radius 3 is 1.63 bits per heavy atom. The van der Waals surface area contributed by atoms with E-state index in [-0.39, 0.29) is 0 Å². The molecule has 0 radical (unpaired) electrons. The van der Waals surface area contributed by atoms with Crippen molar-refractivity contribution in [3.63, 3.8) is 0 Å². The summed E-state index contributed by atoms with van der Waals surface area (Å²) in [4.78, 5) is 12.3. The predicted octanol–water partition coefficient (Wildman–Crippen LogP) is -7.55. The summed E-state index contributed by atoms with van der Waals surface area (Å²) in [5, 5.41) is 117. The van der Waals surface area contributed by atoms with Crippen LogP contribution in [0.25, 0.3) is 0 Å². The normalized spacial score (nSPS) is 51.9. The van der Waals surface area contributed by atoms with Gasteiger partial charge in [0.25, 0.3) is 0 Å². The Bertz CT molecular complexity index is 995. The molecule has 4 aliphatic heterocycles. The molecule has 1 amide bonds. The highest BCUT2D eigenvalue weighted by Gasteiger charge is 2.55. The summed E-state index contributed by atoms with van der Waals surface area (Å²) in [6.45, 7) is 2.23. The minimum Gasteiger partial charge on any atom is -0.394 e. The molecule has 4 fully saturated rings. The SMILES string of the molecule is CC(=O)N[C@H]1C(O[C@@H]2OC(C)[C@H](O)[C@H](O)C2O)[C@H](O)C(CO)O[C@H]1OC1[C@H](O)OC(C)[C@H](O)[C@@H]1O[C@H]1O[C@@H](CO)[C@@H](O)C(O)C1O. The molecule has 0 aromatic rings. The zero-order chi connectivity index (χ0) is 34.2. The molecule has 46 heavy (non-hydrogen) atoms. The molecule has 12 N–H and O–H groups in total. The molecule has 0 aliphatic carbocycles. The number of carbonyl (C=O) groups excluding carboxylic acids is 1. The molecule has 4 saturated heterocycles. The lowest BCUT2D eigenvalue weighted by molar-refractivity contribution is -0.385. The van der Waals surface area contributed by atoms with Crippen molar-refractivity contribution < 1.29 is 94.1 Å². The molecule has 0 saturated carbocycles. The fourth-order valence-electron chi connectivity index (χ4n) is 5.81. The third kappa shape index (κ3) is 7.64. The Morgan fingerprint density at radius 1 is 0.565 bits per heavy atom. The molecule has 0 bridgehead atoms. The van der Waals surface area contributed by atoms with Crippen molar-refractivity contribution in [1.82, 2.24) is 5.32 Å². The van der Waals surface area contributed by atoms with Crippen LogP contribution in [0.4, 0.5) is 0 Å². The Morgan fingerprint density at radius 2 is 1.04 bits per heavy atom. The summed E-state index contributed by atoms with van der Waals surface area (Å²) in [5.41, 5.74) is 0. The highest BCUT2D eigenvalue weighted by atomic mass is 16.8. The average molecular weight is 676 g/mol. The van der Waals surface area contributed by atoms with E-state index in [1.54, 1.807) is 0 Å². The molecule has 8 unspecified atom stereocenters. The van der Waals surface area contributed by atoms with E-state index in [0.29, 0.717) is 0 Å². The first-order chi connectivity index (χ1) is 21.6. The molecule has 4 rings (SSSR count). The maximum absolute atomic E-state index is 12.3. The quantitative estimate of drug-likeness (QED) is 0.108. The van der Waals surface area contributed by atoms with Gasteiger partial charge in [0.15, 0.2) is 25.2 Å². The van der Waals surface area contributed by atoms with Crippen LogP contribution in [0, 0.1) is 0 Å². The second kappa shape index (κ2) is 15.5. The van der Waals surface area contributed by atoms with Crippen molar-refractivity contribution in [3.05, 3.63) is 0 Å². The molecule has 0 aromatic carbocycles. The lowest BCUT2D eigenvalue weighted by atomic mass is 9.94. The molecule has 0 spiro atoms. The number of hydrogen-bond donors (Lipinski definition) is 12. The third-order valence-corrected chi connectivity index (χ3v) is 8.53. The number of ether oxygens (including phenoxy) is 7. The first kappa shape index (κ1) is 37.6. The number of carbonyl (C=O) groups is 1. The Labute approximate surface area is 262 Å². The smallest absolute Gasteiger partial charge is 0.217 e. The van der Waals surface area contributed by atoms with Gasteiger partial charge in [-0.15, -0.1) is 0 Å². The molecule has 0 aromatic heterocycles. The predicted molar refractivity (Wildman–Crippen MR) is 143 cm³/mol. The monoisotopic (exact) mass is 675 g/mol. The Hall–Kier alpha value is -1.25. The first-order valence-corrected chi connectivity index (χ1v) is 14.8. The number of amides is 1. The molecule has 20 nitrogen and oxygen atoms in total. The van der Waals surface area contributed by atoms with Gasteiger partial charge in [-0.1, -0.05) is 0 Å². The summed E-state index contributed by atoms with van der Waals surface area (Å²) in [7, 11) is 0. The van der Waals surface area contributed by atoms with Gasteiger partial charge in [-0.3, -0.25) is 4.79 Å². The third-order valence-electron chi connectivity index (χ3n) is 8.53. The van der Waals surface area contributed by atoms with Gasteiger partial charge in [0, 0.05) is 6.92 Å². The van der Waals surface area contributed by atoms with E-state index in [9.17, 15) is 61.0 Å². The van der Waals surface area contributed by atoms with Crippen molar-refractivity contribution in [1.29, 1.82) is 0 Å². The molecule has 4 aliphatic rings. The van der Waals surface area contributed by atoms with E-state index in [4.69, 9.17) is 33.2 Å². The second-order valence-electron chi connectivity index (χ2n) is 11.8. The lowest BCUT2D eigenvalue weighted by Crippen LogP contribution is -2.70. The molecule has 4 heterocycles. The Balaban J connectivity index is 1.63. The fourth-order valence-corrected chi connectivity index (χ4v) is 5.81. The van der Waals surface area contributed by atoms with Crippen LogP contribution in [0.15, 0.2) is 0 Å². The van der Waals surface area contributed by atoms with Crippen LogP contribution in [0.5, 0.6) is 0 Å². The minimum atomic E-state index is -1.90. The van der Waals surface area contributed by atoms with Crippen molar-refractivity contribution in [2.24, 2.45) is 0 Å². The summed E-state index contributed by atoms with van der Waals surface area (Å²) < 4.78 is 39.4. The van der Waals surface area contributed by atoms with Crippen LogP contribution in [-0.4, -0.2) is 198 Å². The largest absolute Gasteiger partial charge is 0.394 e. The molecule has 268 valence electrons. The van der Waals surface area contributed by atoms with E-state index in [2.05, 4.69) is 5.32 Å². The van der Waals surface area contributed by atoms with Gasteiger partial charge in [0.05, 0.1) is 25.4 Å². The van der Waals surface area contributed by atoms with Gasteiger partial charge in [0.1, 0.15) is 85.4 Å². The standard InChI is InChI=1S/C26H45NO19/c1-6-12(31)16(35)18(37)25(41-6)44-20-11(27-8(3)30)24(42-10(5-29)15(20)34)46-22-21(13(32)7(2)40-23(22)39)45-26-19(38)17(36)14(33)9(4-28)43-26/h6-7,9-26,28-29,31-39H,4-5H2,1-3H3,(H,27,30)/t6?,7?,9-,10?,11-,12-,13-,14+,15+,16-,17?,18?,19?,20?,21-,22?,23+,24-,25-,26+/m0/s1. The van der Waals surface area contributed by atoms with E-state index >= 15 is 0 Å². The van der Waals surface area contributed by atoms with Crippen LogP contribution in [0.1, 0.15) is 20.8 Å². The van der Waals surface area contributed by atoms with Gasteiger partial charge in [-0.2, -0.15) is 0 Å². The van der Waals surface area contributed by atoms with Gasteiger partial charge in [-0.05, 0) is 13.8 Å². The highest BCUT2D eigenvalue weighted by molar-refractivity contribution is 5.73. The summed E-state index contributed by atoms with van der Waals surface area (Å²) in [6.07, 6.45) is -30.9. The average Bonchev–Trinajstić information content (AvgIpc) is 3.01. The van der Waals surface area contributed by atoms with Crippen molar-refractivity contribution in [3.8, 4) is 0 Å². The van der Waals surface area contributed by atoms with Crippen molar-refractivity contribution in [2.45, 2.75) is 144 Å². The van der Waals surface area contributed by atoms with E-state index < -0.39 is 142 Å². The van der Waals surface area contributed by atoms with Crippen LogP contribution in [-0.2, 0) is 38.0 Å². The number of nitrogens with one attached hydrogen (secondary N) is 1. The maximum Gasteiger partial charge on any atom is 0.217 e. The topological polar surface area (TPSA) is 316 Å². The van der Waals surface area contributed by atoms with Crippen LogP contribution >= 0.6 is 0 Å². The van der Waals surface area contributed by atoms with Crippen molar-refractivity contribution in [2.75, 3.05) is 13.2 Å². The van der Waals surface area contributed by atoms with Crippen LogP contribution in [0.2, 0.25) is 0 Å². The maximum atomic E-state index is 12.3. The van der Waals surface area contributed by atoms with E-state index in [0.717, 1.165) is 6.92 Å². The molecule has 20 heteroatoms. The number of aliphatic hydroxyl groups excluding tert-OH is 11. The van der Waals surface area contributed by atoms with Gasteiger partial charge >= 0.3 is 0 Å². The highest BCUT2D eigenvalue weighted by Crippen LogP contribution is 2.34. The zero-order valence-corrected chi connectivity index (χ0v) is 25.1. The fraction of sp³-hybridized carbons (Fsp3) is 0.962. The zero-order valence-electron chi connectivity index (χ0n) is 25.1. The van der Waals surface area contributed by atoms with Gasteiger partial charge in [0.2, 0.25) is 5.91 Å².